The summed E-state index contributed by atoms with van der Waals surface area (Å²) in [7, 11) is 0. The third-order valence-corrected chi connectivity index (χ3v) is 6.97. The normalized spacial score (nSPS) is 24.9. The van der Waals surface area contributed by atoms with Gasteiger partial charge in [0.1, 0.15) is 11.6 Å². The Kier molecular flexibility index (Phi) is 4.34. The highest BCUT2D eigenvalue weighted by atomic mass is 16.5. The fourth-order valence-electron chi connectivity index (χ4n) is 5.01. The molecular weight excluding hydrogens is 352 g/mol. The molecule has 1 atom stereocenters. The van der Waals surface area contributed by atoms with Gasteiger partial charge in [0.05, 0.1) is 6.54 Å². The molecule has 2 aliphatic heterocycles. The molecule has 1 saturated heterocycles. The van der Waals surface area contributed by atoms with Gasteiger partial charge >= 0.3 is 0 Å². The number of fused-ring (bicyclic) bond motifs is 1. The second-order valence-corrected chi connectivity index (χ2v) is 10.1. The molecule has 2 aromatic heterocycles. The third-order valence-electron chi connectivity index (χ3n) is 6.97. The molecule has 2 aromatic rings. The first-order valence-electron chi connectivity index (χ1n) is 10.9. The van der Waals surface area contributed by atoms with Gasteiger partial charge in [-0.25, -0.2) is 0 Å². The summed E-state index contributed by atoms with van der Waals surface area (Å²) < 4.78 is 7.90. The van der Waals surface area contributed by atoms with E-state index >= 15 is 0 Å². The summed E-state index contributed by atoms with van der Waals surface area (Å²) in [4.78, 5) is 7.07. The van der Waals surface area contributed by atoms with Gasteiger partial charge in [-0.1, -0.05) is 32.3 Å². The van der Waals surface area contributed by atoms with Gasteiger partial charge in [-0.2, -0.15) is 4.98 Å². The van der Waals surface area contributed by atoms with E-state index in [4.69, 9.17) is 4.52 Å². The van der Waals surface area contributed by atoms with E-state index in [0.29, 0.717) is 11.3 Å². The van der Waals surface area contributed by atoms with Crippen molar-refractivity contribution in [2.24, 2.45) is 5.41 Å². The van der Waals surface area contributed by atoms with Crippen LogP contribution in [0.15, 0.2) is 4.52 Å². The second kappa shape index (κ2) is 6.65. The van der Waals surface area contributed by atoms with Crippen LogP contribution in [0.2, 0.25) is 0 Å². The van der Waals surface area contributed by atoms with Crippen molar-refractivity contribution in [2.45, 2.75) is 90.1 Å². The van der Waals surface area contributed by atoms with Crippen molar-refractivity contribution in [3.63, 3.8) is 0 Å². The fourth-order valence-corrected chi connectivity index (χ4v) is 5.01. The molecule has 7 nitrogen and oxygen atoms in total. The minimum absolute atomic E-state index is 0.0886. The van der Waals surface area contributed by atoms with E-state index in [2.05, 4.69) is 50.6 Å². The number of aryl methyl sites for hydroxylation is 1. The fraction of sp³-hybridized carbons (Fsp3) is 0.810. The van der Waals surface area contributed by atoms with Gasteiger partial charge < -0.3 is 9.09 Å². The van der Waals surface area contributed by atoms with Crippen LogP contribution < -0.4 is 0 Å². The number of nitrogens with zero attached hydrogens (tertiary/aromatic N) is 6. The first-order chi connectivity index (χ1) is 13.4. The molecular formula is C21H32N6O. The average Bonchev–Trinajstić information content (AvgIpc) is 3.00. The molecule has 1 aliphatic carbocycles. The monoisotopic (exact) mass is 384 g/mol. The minimum atomic E-state index is -0.0886. The molecule has 0 bridgehead atoms. The number of rotatable bonds is 3. The van der Waals surface area contributed by atoms with Gasteiger partial charge in [-0.15, -0.1) is 10.2 Å². The van der Waals surface area contributed by atoms with E-state index in [0.717, 1.165) is 44.3 Å². The van der Waals surface area contributed by atoms with Crippen LogP contribution in [0, 0.1) is 5.41 Å². The van der Waals surface area contributed by atoms with Gasteiger partial charge in [0.25, 0.3) is 0 Å². The molecule has 0 amide bonds. The molecule has 2 fully saturated rings. The van der Waals surface area contributed by atoms with Gasteiger partial charge in [-0.05, 0) is 50.6 Å². The Hall–Kier alpha value is -1.76. The van der Waals surface area contributed by atoms with Crippen LogP contribution in [0.4, 0.5) is 0 Å². The van der Waals surface area contributed by atoms with Crippen molar-refractivity contribution in [1.82, 2.24) is 29.8 Å². The summed E-state index contributed by atoms with van der Waals surface area (Å²) >= 11 is 0. The standard InChI is InChI=1S/C21H32N6O/c1-20(2,3)19-22-16(25-28-19)14-26-11-8-21(9-12-26)13-15(21)18-24-23-17-7-5-4-6-10-27(17)18/h15H,4-14H2,1-3H3. The van der Waals surface area contributed by atoms with Crippen molar-refractivity contribution in [3.8, 4) is 0 Å². The van der Waals surface area contributed by atoms with Crippen molar-refractivity contribution >= 4 is 0 Å². The molecule has 1 unspecified atom stereocenters. The first kappa shape index (κ1) is 18.3. The number of hydrogen-bond donors (Lipinski definition) is 0. The lowest BCUT2D eigenvalue weighted by atomic mass is 9.90. The van der Waals surface area contributed by atoms with E-state index < -0.39 is 0 Å². The number of hydrogen-bond acceptors (Lipinski definition) is 6. The molecule has 0 N–H and O–H groups in total. The van der Waals surface area contributed by atoms with Crippen molar-refractivity contribution < 1.29 is 4.52 Å². The zero-order chi connectivity index (χ0) is 19.4. The van der Waals surface area contributed by atoms with Gasteiger partial charge in [0.2, 0.25) is 5.89 Å². The Bertz CT molecular complexity index is 839. The zero-order valence-corrected chi connectivity index (χ0v) is 17.4. The Labute approximate surface area is 166 Å². The minimum Gasteiger partial charge on any atom is -0.339 e. The highest BCUT2D eigenvalue weighted by Gasteiger charge is 2.57. The molecule has 7 heteroatoms. The van der Waals surface area contributed by atoms with Gasteiger partial charge in [-0.3, -0.25) is 4.90 Å². The maximum absolute atomic E-state index is 5.45. The predicted molar refractivity (Wildman–Crippen MR) is 105 cm³/mol. The van der Waals surface area contributed by atoms with Crippen LogP contribution in [0.3, 0.4) is 0 Å². The van der Waals surface area contributed by atoms with E-state index in [9.17, 15) is 0 Å². The summed E-state index contributed by atoms with van der Waals surface area (Å²) in [6.07, 6.45) is 8.72. The predicted octanol–water partition coefficient (Wildman–Crippen LogP) is 3.45. The van der Waals surface area contributed by atoms with Crippen LogP contribution in [0.25, 0.3) is 0 Å². The number of piperidine rings is 1. The maximum Gasteiger partial charge on any atom is 0.232 e. The summed E-state index contributed by atoms with van der Waals surface area (Å²) in [5.74, 6) is 4.66. The van der Waals surface area contributed by atoms with Crippen LogP contribution in [0.1, 0.15) is 88.6 Å². The quantitative estimate of drug-likeness (QED) is 0.807. The van der Waals surface area contributed by atoms with E-state index in [-0.39, 0.29) is 5.41 Å². The molecule has 3 aliphatic rings. The zero-order valence-electron chi connectivity index (χ0n) is 17.4. The SMILES string of the molecule is CC(C)(C)c1nc(CN2CCC3(CC2)CC3c2nnc3n2CCCCC3)no1. The van der Waals surface area contributed by atoms with Crippen molar-refractivity contribution in [2.75, 3.05) is 13.1 Å². The Morgan fingerprint density at radius 1 is 1.07 bits per heavy atom. The van der Waals surface area contributed by atoms with E-state index in [1.807, 2.05) is 0 Å². The Balaban J connectivity index is 1.20. The highest BCUT2D eigenvalue weighted by molar-refractivity contribution is 5.21. The Morgan fingerprint density at radius 3 is 2.64 bits per heavy atom. The maximum atomic E-state index is 5.45. The average molecular weight is 385 g/mol. The molecule has 1 spiro atoms. The topological polar surface area (TPSA) is 72.9 Å². The van der Waals surface area contributed by atoms with E-state index in [1.165, 1.54) is 50.2 Å². The molecule has 5 rings (SSSR count). The van der Waals surface area contributed by atoms with Crippen LogP contribution in [-0.2, 0) is 24.9 Å². The molecule has 4 heterocycles. The largest absolute Gasteiger partial charge is 0.339 e. The lowest BCUT2D eigenvalue weighted by molar-refractivity contribution is 0.157. The van der Waals surface area contributed by atoms with Gasteiger partial charge in [0.15, 0.2) is 5.82 Å². The summed E-state index contributed by atoms with van der Waals surface area (Å²) in [6.45, 7) is 10.4. The van der Waals surface area contributed by atoms with Crippen LogP contribution in [0.5, 0.6) is 0 Å². The van der Waals surface area contributed by atoms with Crippen molar-refractivity contribution in [1.29, 1.82) is 0 Å². The van der Waals surface area contributed by atoms with Gasteiger partial charge in [0, 0.05) is 24.3 Å². The highest BCUT2D eigenvalue weighted by Crippen LogP contribution is 2.64. The molecule has 152 valence electrons. The Morgan fingerprint density at radius 2 is 1.89 bits per heavy atom. The first-order valence-corrected chi connectivity index (χ1v) is 10.9. The molecule has 1 saturated carbocycles. The van der Waals surface area contributed by atoms with Crippen LogP contribution >= 0.6 is 0 Å². The molecule has 28 heavy (non-hydrogen) atoms. The summed E-state index contributed by atoms with van der Waals surface area (Å²) in [5.41, 5.74) is 0.370. The van der Waals surface area contributed by atoms with E-state index in [1.54, 1.807) is 0 Å². The number of likely N-dealkylation sites (tertiary alicyclic amines) is 1. The lowest BCUT2D eigenvalue weighted by Gasteiger charge is -2.32. The number of aromatic nitrogens is 5. The summed E-state index contributed by atoms with van der Waals surface area (Å²) in [6, 6.07) is 0. The smallest absolute Gasteiger partial charge is 0.232 e. The lowest BCUT2D eigenvalue weighted by Crippen LogP contribution is -2.35. The molecule has 0 aromatic carbocycles. The molecule has 0 radical (unpaired) electrons. The summed E-state index contributed by atoms with van der Waals surface area (Å²) in [5, 5.41) is 13.3. The van der Waals surface area contributed by atoms with Crippen LogP contribution in [-0.4, -0.2) is 42.9 Å². The second-order valence-electron chi connectivity index (χ2n) is 10.1. The van der Waals surface area contributed by atoms with Crippen molar-refractivity contribution in [3.05, 3.63) is 23.4 Å². The third kappa shape index (κ3) is 3.27.